The highest BCUT2D eigenvalue weighted by Gasteiger charge is 2.27. The molecular weight excluding hydrogens is 226 g/mol. The van der Waals surface area contributed by atoms with E-state index in [1.807, 2.05) is 12.1 Å². The summed E-state index contributed by atoms with van der Waals surface area (Å²) in [5.41, 5.74) is 3.70. The molecule has 0 saturated carbocycles. The Morgan fingerprint density at radius 3 is 2.00 bits per heavy atom. The molecule has 2 heteroatoms. The predicted octanol–water partition coefficient (Wildman–Crippen LogP) is 5.02. The Bertz CT molecular complexity index is 455. The van der Waals surface area contributed by atoms with Gasteiger partial charge in [-0.3, -0.25) is 0 Å². The van der Waals surface area contributed by atoms with Crippen LogP contribution in [0.25, 0.3) is 0 Å². The Labute approximate surface area is 110 Å². The molecule has 0 spiro atoms. The molecule has 0 aromatic heterocycles. The lowest BCUT2D eigenvalue weighted by molar-refractivity contribution is 0.531. The molecule has 1 aromatic carbocycles. The van der Waals surface area contributed by atoms with Crippen LogP contribution in [0.1, 0.15) is 52.7 Å². The number of hydrogen-bond acceptors (Lipinski definition) is 2. The van der Waals surface area contributed by atoms with Crippen molar-refractivity contribution in [1.29, 1.82) is 0 Å². The molecule has 1 aromatic rings. The second kappa shape index (κ2) is 4.72. The summed E-state index contributed by atoms with van der Waals surface area (Å²) in [6.45, 7) is 13.3. The Hall–Kier alpha value is -0.980. The number of isothiocyanates is 1. The quantitative estimate of drug-likeness (QED) is 0.501. The van der Waals surface area contributed by atoms with Crippen molar-refractivity contribution in [2.45, 2.75) is 52.4 Å². The zero-order valence-electron chi connectivity index (χ0n) is 11.6. The van der Waals surface area contributed by atoms with E-state index in [-0.39, 0.29) is 10.8 Å². The maximum absolute atomic E-state index is 4.74. The van der Waals surface area contributed by atoms with Gasteiger partial charge in [-0.2, -0.15) is 4.99 Å². The first-order valence-corrected chi connectivity index (χ1v) is 6.30. The molecule has 0 N–H and O–H groups in total. The molecule has 1 nitrogen and oxygen atoms in total. The van der Waals surface area contributed by atoms with Crippen molar-refractivity contribution in [1.82, 2.24) is 0 Å². The SMILES string of the molecule is CC(C)(C)c1cccc(N=C=S)c1C(C)(C)C. The van der Waals surface area contributed by atoms with Gasteiger partial charge in [0.1, 0.15) is 0 Å². The van der Waals surface area contributed by atoms with Crippen LogP contribution in [0.15, 0.2) is 23.2 Å². The number of aliphatic imine (C=N–C) groups is 1. The Kier molecular flexibility index (Phi) is 3.91. The molecule has 0 unspecified atom stereocenters. The number of nitrogens with zero attached hydrogens (tertiary/aromatic N) is 1. The van der Waals surface area contributed by atoms with Crippen LogP contribution in [0.5, 0.6) is 0 Å². The molecule has 0 fully saturated rings. The summed E-state index contributed by atoms with van der Waals surface area (Å²) in [7, 11) is 0. The largest absolute Gasteiger partial charge is 0.194 e. The Balaban J connectivity index is 3.63. The highest BCUT2D eigenvalue weighted by Crippen LogP contribution is 2.39. The Morgan fingerprint density at radius 2 is 1.59 bits per heavy atom. The van der Waals surface area contributed by atoms with Gasteiger partial charge in [-0.25, -0.2) is 0 Å². The fourth-order valence-corrected chi connectivity index (χ4v) is 2.19. The summed E-state index contributed by atoms with van der Waals surface area (Å²) in [5, 5.41) is 2.48. The maximum Gasteiger partial charge on any atom is 0.0779 e. The molecule has 0 aliphatic rings. The number of benzene rings is 1. The highest BCUT2D eigenvalue weighted by atomic mass is 32.1. The summed E-state index contributed by atoms with van der Waals surface area (Å²) >= 11 is 4.74. The zero-order valence-corrected chi connectivity index (χ0v) is 12.4. The van der Waals surface area contributed by atoms with Crippen LogP contribution in [0.4, 0.5) is 5.69 Å². The Morgan fingerprint density at radius 1 is 1.00 bits per heavy atom. The van der Waals surface area contributed by atoms with Gasteiger partial charge in [-0.1, -0.05) is 53.7 Å². The van der Waals surface area contributed by atoms with Gasteiger partial charge in [0.25, 0.3) is 0 Å². The normalized spacial score (nSPS) is 12.1. The number of rotatable bonds is 1. The van der Waals surface area contributed by atoms with Crippen LogP contribution in [-0.4, -0.2) is 5.16 Å². The average Bonchev–Trinajstić information content (AvgIpc) is 2.14. The molecule has 17 heavy (non-hydrogen) atoms. The van der Waals surface area contributed by atoms with Gasteiger partial charge in [0, 0.05) is 0 Å². The van der Waals surface area contributed by atoms with Gasteiger partial charge in [0.15, 0.2) is 0 Å². The van der Waals surface area contributed by atoms with Gasteiger partial charge in [-0.05, 0) is 40.2 Å². The molecule has 0 radical (unpaired) electrons. The lowest BCUT2D eigenvalue weighted by atomic mass is 9.74. The lowest BCUT2D eigenvalue weighted by Gasteiger charge is -2.31. The second-order valence-corrected chi connectivity index (χ2v) is 6.59. The van der Waals surface area contributed by atoms with Crippen molar-refractivity contribution in [2.24, 2.45) is 4.99 Å². The van der Waals surface area contributed by atoms with E-state index in [9.17, 15) is 0 Å². The summed E-state index contributed by atoms with van der Waals surface area (Å²) in [6, 6.07) is 6.24. The van der Waals surface area contributed by atoms with E-state index >= 15 is 0 Å². The van der Waals surface area contributed by atoms with Gasteiger partial charge in [0.05, 0.1) is 10.8 Å². The van der Waals surface area contributed by atoms with Gasteiger partial charge < -0.3 is 0 Å². The van der Waals surface area contributed by atoms with E-state index in [4.69, 9.17) is 12.2 Å². The molecule has 0 amide bonds. The molecule has 1 rings (SSSR count). The van der Waals surface area contributed by atoms with Crippen LogP contribution in [0, 0.1) is 0 Å². The zero-order chi connectivity index (χ0) is 13.3. The molecular formula is C15H21NS. The first-order chi connectivity index (χ1) is 7.68. The minimum Gasteiger partial charge on any atom is -0.194 e. The third-order valence-electron chi connectivity index (χ3n) is 2.77. The van der Waals surface area contributed by atoms with Crippen molar-refractivity contribution >= 4 is 23.1 Å². The van der Waals surface area contributed by atoms with Crippen molar-refractivity contribution in [3.8, 4) is 0 Å². The fraction of sp³-hybridized carbons (Fsp3) is 0.533. The molecule has 0 saturated heterocycles. The van der Waals surface area contributed by atoms with E-state index in [0.717, 1.165) is 5.69 Å². The standard InChI is InChI=1S/C15H21NS/c1-14(2,3)11-8-7-9-12(16-10-17)13(11)15(4,5)6/h7-9H,1-6H3. The molecule has 0 aliphatic heterocycles. The molecule has 0 bridgehead atoms. The minimum absolute atomic E-state index is 0.0505. The van der Waals surface area contributed by atoms with Crippen molar-refractivity contribution in [2.75, 3.05) is 0 Å². The minimum atomic E-state index is 0.0505. The van der Waals surface area contributed by atoms with Crippen LogP contribution in [-0.2, 0) is 10.8 Å². The van der Waals surface area contributed by atoms with Crippen LogP contribution in [0.2, 0.25) is 0 Å². The van der Waals surface area contributed by atoms with Crippen LogP contribution in [0.3, 0.4) is 0 Å². The first-order valence-electron chi connectivity index (χ1n) is 5.90. The molecule has 0 aliphatic carbocycles. The van der Waals surface area contributed by atoms with E-state index in [1.54, 1.807) is 0 Å². The second-order valence-electron chi connectivity index (χ2n) is 6.40. The third-order valence-corrected chi connectivity index (χ3v) is 2.86. The lowest BCUT2D eigenvalue weighted by Crippen LogP contribution is -2.22. The van der Waals surface area contributed by atoms with Crippen molar-refractivity contribution < 1.29 is 0 Å². The fourth-order valence-electron chi connectivity index (χ4n) is 2.10. The number of hydrogen-bond donors (Lipinski definition) is 0. The summed E-state index contributed by atoms with van der Waals surface area (Å²) in [4.78, 5) is 4.21. The van der Waals surface area contributed by atoms with E-state index in [1.165, 1.54) is 11.1 Å². The maximum atomic E-state index is 4.74. The van der Waals surface area contributed by atoms with Gasteiger partial charge in [-0.15, -0.1) is 0 Å². The van der Waals surface area contributed by atoms with E-state index in [2.05, 4.69) is 57.8 Å². The summed E-state index contributed by atoms with van der Waals surface area (Å²) in [6.07, 6.45) is 0. The van der Waals surface area contributed by atoms with Crippen molar-refractivity contribution in [3.63, 3.8) is 0 Å². The summed E-state index contributed by atoms with van der Waals surface area (Å²) in [5.74, 6) is 0. The first kappa shape index (κ1) is 14.1. The number of thiocarbonyl (C=S) groups is 1. The van der Waals surface area contributed by atoms with Crippen molar-refractivity contribution in [3.05, 3.63) is 29.3 Å². The van der Waals surface area contributed by atoms with Gasteiger partial charge in [0.2, 0.25) is 0 Å². The monoisotopic (exact) mass is 247 g/mol. The highest BCUT2D eigenvalue weighted by molar-refractivity contribution is 7.78. The van der Waals surface area contributed by atoms with Crippen LogP contribution < -0.4 is 0 Å². The van der Waals surface area contributed by atoms with E-state index < -0.39 is 0 Å². The molecule has 0 heterocycles. The van der Waals surface area contributed by atoms with E-state index in [0.29, 0.717) is 0 Å². The predicted molar refractivity (Wildman–Crippen MR) is 78.5 cm³/mol. The van der Waals surface area contributed by atoms with Crippen LogP contribution >= 0.6 is 12.2 Å². The molecule has 92 valence electrons. The summed E-state index contributed by atoms with van der Waals surface area (Å²) < 4.78 is 0. The topological polar surface area (TPSA) is 12.4 Å². The smallest absolute Gasteiger partial charge is 0.0779 e. The van der Waals surface area contributed by atoms with Gasteiger partial charge >= 0.3 is 0 Å². The average molecular weight is 247 g/mol. The third kappa shape index (κ3) is 3.24. The molecule has 0 atom stereocenters.